The molecule has 0 saturated carbocycles. The maximum absolute atomic E-state index is 12.5. The van der Waals surface area contributed by atoms with Crippen molar-refractivity contribution in [2.75, 3.05) is 11.9 Å². The lowest BCUT2D eigenvalue weighted by Gasteiger charge is -2.14. The number of amides is 2. The highest BCUT2D eigenvalue weighted by molar-refractivity contribution is 5.94. The van der Waals surface area contributed by atoms with Gasteiger partial charge in [0.2, 0.25) is 5.91 Å². The van der Waals surface area contributed by atoms with Crippen LogP contribution in [0.4, 0.5) is 10.5 Å². The molecule has 7 nitrogen and oxygen atoms in total. The molecule has 0 spiro atoms. The zero-order valence-corrected chi connectivity index (χ0v) is 19.2. The quantitative estimate of drug-likeness (QED) is 0.400. The van der Waals surface area contributed by atoms with Crippen LogP contribution in [0.25, 0.3) is 17.2 Å². The van der Waals surface area contributed by atoms with E-state index < -0.39 is 24.0 Å². The molecule has 3 N–H and O–H groups in total. The Bertz CT molecular complexity index is 1240. The molecule has 0 bridgehead atoms. The molecule has 1 atom stereocenters. The molecule has 2 amide bonds. The number of carbonyl (C=O) groups excluding carboxylic acids is 2. The van der Waals surface area contributed by atoms with Crippen molar-refractivity contribution in [1.29, 1.82) is 0 Å². The van der Waals surface area contributed by atoms with Crippen LogP contribution in [-0.2, 0) is 14.3 Å². The minimum Gasteiger partial charge on any atom is -0.480 e. The number of carboxylic acids is 1. The van der Waals surface area contributed by atoms with Crippen LogP contribution in [0.5, 0.6) is 0 Å². The molecule has 0 fully saturated rings. The average molecular weight is 471 g/mol. The van der Waals surface area contributed by atoms with Gasteiger partial charge in [0.1, 0.15) is 12.6 Å². The molecule has 1 aliphatic rings. The summed E-state index contributed by atoms with van der Waals surface area (Å²) >= 11 is 0. The normalized spacial score (nSPS) is 13.1. The van der Waals surface area contributed by atoms with Gasteiger partial charge in [-0.1, -0.05) is 67.6 Å². The number of hydrogen-bond acceptors (Lipinski definition) is 4. The van der Waals surface area contributed by atoms with Gasteiger partial charge >= 0.3 is 12.1 Å². The van der Waals surface area contributed by atoms with Crippen LogP contribution < -0.4 is 10.6 Å². The Morgan fingerprint density at radius 1 is 0.971 bits per heavy atom. The third-order valence-corrected chi connectivity index (χ3v) is 5.93. The number of hydrogen-bond donors (Lipinski definition) is 3. The van der Waals surface area contributed by atoms with Crippen molar-refractivity contribution < 1.29 is 24.2 Å². The van der Waals surface area contributed by atoms with Crippen LogP contribution in [-0.4, -0.2) is 35.7 Å². The summed E-state index contributed by atoms with van der Waals surface area (Å²) in [5, 5.41) is 14.2. The van der Waals surface area contributed by atoms with E-state index in [-0.39, 0.29) is 18.9 Å². The minimum atomic E-state index is -1.08. The summed E-state index contributed by atoms with van der Waals surface area (Å²) < 4.78 is 5.57. The molecule has 0 aromatic heterocycles. The second kappa shape index (κ2) is 10.7. The fourth-order valence-corrected chi connectivity index (χ4v) is 4.20. The molecule has 7 heteroatoms. The highest BCUT2D eigenvalue weighted by atomic mass is 16.5. The third-order valence-electron chi connectivity index (χ3n) is 5.93. The van der Waals surface area contributed by atoms with Crippen LogP contribution in [0.15, 0.2) is 78.9 Å². The molecule has 35 heavy (non-hydrogen) atoms. The first-order valence-corrected chi connectivity index (χ1v) is 11.4. The largest absolute Gasteiger partial charge is 0.480 e. The summed E-state index contributed by atoms with van der Waals surface area (Å²) in [5.41, 5.74) is 5.78. The minimum absolute atomic E-state index is 0.0290. The first kappa shape index (κ1) is 23.8. The first-order chi connectivity index (χ1) is 17.0. The van der Waals surface area contributed by atoms with Gasteiger partial charge in [-0.05, 0) is 52.4 Å². The van der Waals surface area contributed by atoms with Gasteiger partial charge in [-0.25, -0.2) is 9.59 Å². The Labute approximate surface area is 203 Å². The number of fused-ring (bicyclic) bond motifs is 3. The van der Waals surface area contributed by atoms with Gasteiger partial charge in [-0.3, -0.25) is 10.1 Å². The molecule has 0 unspecified atom stereocenters. The van der Waals surface area contributed by atoms with Crippen molar-refractivity contribution in [3.8, 4) is 11.1 Å². The van der Waals surface area contributed by atoms with E-state index in [9.17, 15) is 14.4 Å². The SMILES string of the molecule is CC[C@@H](NC(=O)/C=C/c1cccc(NC(=O)OCC2c3ccccc3-c3ccccc32)c1)C(=O)O. The highest BCUT2D eigenvalue weighted by Crippen LogP contribution is 2.44. The predicted octanol–water partition coefficient (Wildman–Crippen LogP) is 5.04. The van der Waals surface area contributed by atoms with Crippen LogP contribution in [0.3, 0.4) is 0 Å². The number of rotatable bonds is 8. The molecule has 4 rings (SSSR count). The van der Waals surface area contributed by atoms with Crippen LogP contribution in [0, 0.1) is 0 Å². The Kier molecular flexibility index (Phi) is 7.26. The van der Waals surface area contributed by atoms with E-state index in [2.05, 4.69) is 34.9 Å². The highest BCUT2D eigenvalue weighted by Gasteiger charge is 2.29. The van der Waals surface area contributed by atoms with Gasteiger partial charge in [0, 0.05) is 17.7 Å². The number of ether oxygens (including phenoxy) is 1. The fraction of sp³-hybridized carbons (Fsp3) is 0.179. The number of carbonyl (C=O) groups is 3. The van der Waals surface area contributed by atoms with Gasteiger partial charge in [-0.2, -0.15) is 0 Å². The molecule has 0 saturated heterocycles. The Morgan fingerprint density at radius 3 is 2.26 bits per heavy atom. The standard InChI is InChI=1S/C28H26N2O5/c1-2-25(27(32)33)30-26(31)15-14-18-8-7-9-19(16-18)29-28(34)35-17-24-22-12-5-3-10-20(22)21-11-4-6-13-23(21)24/h3-16,24-25H,2,17H2,1H3,(H,29,34)(H,30,31)(H,32,33)/b15-14+/t25-/m1/s1. The first-order valence-electron chi connectivity index (χ1n) is 11.4. The van der Waals surface area contributed by atoms with Gasteiger partial charge in [0.25, 0.3) is 0 Å². The third kappa shape index (κ3) is 5.58. The second-order valence-corrected chi connectivity index (χ2v) is 8.22. The molecule has 0 aliphatic heterocycles. The van der Waals surface area contributed by atoms with Crippen molar-refractivity contribution in [3.05, 3.63) is 95.6 Å². The number of anilines is 1. The lowest BCUT2D eigenvalue weighted by atomic mass is 9.98. The average Bonchev–Trinajstić information content (AvgIpc) is 3.18. The van der Waals surface area contributed by atoms with Gasteiger partial charge < -0.3 is 15.2 Å². The number of carboxylic acid groups (broad SMARTS) is 1. The number of aliphatic carboxylic acids is 1. The van der Waals surface area contributed by atoms with Gasteiger partial charge in [-0.15, -0.1) is 0 Å². The van der Waals surface area contributed by atoms with Crippen molar-refractivity contribution in [2.24, 2.45) is 0 Å². The van der Waals surface area contributed by atoms with E-state index in [0.29, 0.717) is 11.3 Å². The van der Waals surface area contributed by atoms with E-state index in [4.69, 9.17) is 9.84 Å². The molecular weight excluding hydrogens is 444 g/mol. The topological polar surface area (TPSA) is 105 Å². The van der Waals surface area contributed by atoms with Crippen LogP contribution in [0.2, 0.25) is 0 Å². The summed E-state index contributed by atoms with van der Waals surface area (Å²) in [6.45, 7) is 1.89. The molecule has 178 valence electrons. The second-order valence-electron chi connectivity index (χ2n) is 8.22. The molecule has 0 heterocycles. The maximum Gasteiger partial charge on any atom is 0.411 e. The van der Waals surface area contributed by atoms with Crippen molar-refractivity contribution in [1.82, 2.24) is 5.32 Å². The molecule has 1 aliphatic carbocycles. The van der Waals surface area contributed by atoms with E-state index in [0.717, 1.165) is 22.3 Å². The van der Waals surface area contributed by atoms with E-state index >= 15 is 0 Å². The zero-order valence-electron chi connectivity index (χ0n) is 19.2. The van der Waals surface area contributed by atoms with Gasteiger partial charge in [0.15, 0.2) is 0 Å². The van der Waals surface area contributed by atoms with Crippen molar-refractivity contribution in [3.63, 3.8) is 0 Å². The van der Waals surface area contributed by atoms with Crippen LogP contribution >= 0.6 is 0 Å². The summed E-state index contributed by atoms with van der Waals surface area (Å²) in [6, 6.07) is 22.3. The van der Waals surface area contributed by atoms with Crippen LogP contribution in [0.1, 0.15) is 36.0 Å². The Balaban J connectivity index is 1.36. The summed E-state index contributed by atoms with van der Waals surface area (Å²) in [5.74, 6) is -1.61. The molecule has 0 radical (unpaired) electrons. The molecular formula is C28H26N2O5. The monoisotopic (exact) mass is 470 g/mol. The Hall–Kier alpha value is -4.39. The van der Waals surface area contributed by atoms with Crippen molar-refractivity contribution >= 4 is 29.7 Å². The lowest BCUT2D eigenvalue weighted by molar-refractivity contribution is -0.141. The Morgan fingerprint density at radius 2 is 1.63 bits per heavy atom. The van der Waals surface area contributed by atoms with E-state index in [1.54, 1.807) is 37.3 Å². The summed E-state index contributed by atoms with van der Waals surface area (Å²) in [6.07, 6.45) is 2.53. The van der Waals surface area contributed by atoms with E-state index in [1.165, 1.54) is 6.08 Å². The molecule has 3 aromatic rings. The van der Waals surface area contributed by atoms with E-state index in [1.807, 2.05) is 24.3 Å². The predicted molar refractivity (Wildman–Crippen MR) is 134 cm³/mol. The number of benzene rings is 3. The lowest BCUT2D eigenvalue weighted by Crippen LogP contribution is -2.39. The smallest absolute Gasteiger partial charge is 0.411 e. The van der Waals surface area contributed by atoms with Crippen molar-refractivity contribution in [2.45, 2.75) is 25.3 Å². The molecule has 3 aromatic carbocycles. The maximum atomic E-state index is 12.5. The summed E-state index contributed by atoms with van der Waals surface area (Å²) in [7, 11) is 0. The van der Waals surface area contributed by atoms with Gasteiger partial charge in [0.05, 0.1) is 0 Å². The number of nitrogens with one attached hydrogen (secondary N) is 2. The zero-order chi connectivity index (χ0) is 24.8. The summed E-state index contributed by atoms with van der Waals surface area (Å²) in [4.78, 5) is 35.6. The fourth-order valence-electron chi connectivity index (χ4n) is 4.20.